The molecule has 1 aromatic heterocycles. The lowest BCUT2D eigenvalue weighted by Gasteiger charge is -2.20. The van der Waals surface area contributed by atoms with Crippen molar-refractivity contribution in [2.75, 3.05) is 19.0 Å². The van der Waals surface area contributed by atoms with Crippen molar-refractivity contribution in [3.05, 3.63) is 137 Å². The number of hydrogen-bond donors (Lipinski definition) is 2. The molecule has 4 aromatic carbocycles. The summed E-state index contributed by atoms with van der Waals surface area (Å²) in [5.74, 6) is 1.05. The number of benzene rings is 4. The van der Waals surface area contributed by atoms with E-state index in [0.717, 1.165) is 34.1 Å². The van der Waals surface area contributed by atoms with Crippen molar-refractivity contribution in [3.8, 4) is 17.1 Å². The van der Waals surface area contributed by atoms with Crippen molar-refractivity contribution in [2.45, 2.75) is 25.8 Å². The normalized spacial score (nSPS) is 11.5. The van der Waals surface area contributed by atoms with Gasteiger partial charge in [-0.3, -0.25) is 4.79 Å². The van der Waals surface area contributed by atoms with Crippen molar-refractivity contribution >= 4 is 17.4 Å². The van der Waals surface area contributed by atoms with Gasteiger partial charge in [0.05, 0.1) is 19.4 Å². The van der Waals surface area contributed by atoms with Crippen molar-refractivity contribution in [1.29, 1.82) is 0 Å². The van der Waals surface area contributed by atoms with Gasteiger partial charge in [-0.05, 0) is 36.8 Å². The quantitative estimate of drug-likeness (QED) is 0.135. The number of hydrogen-bond acceptors (Lipinski definition) is 6. The second kappa shape index (κ2) is 13.5. The Bertz CT molecular complexity index is 1630. The van der Waals surface area contributed by atoms with E-state index in [4.69, 9.17) is 14.5 Å². The van der Waals surface area contributed by atoms with Gasteiger partial charge >= 0.3 is 5.97 Å². The lowest BCUT2D eigenvalue weighted by atomic mass is 10.00. The molecule has 0 aliphatic rings. The summed E-state index contributed by atoms with van der Waals surface area (Å²) in [6.07, 6.45) is 1.04. The predicted octanol–water partition coefficient (Wildman–Crippen LogP) is 6.43. The third-order valence-electron chi connectivity index (χ3n) is 7.03. The fourth-order valence-electron chi connectivity index (χ4n) is 4.77. The van der Waals surface area contributed by atoms with Crippen LogP contribution in [-0.4, -0.2) is 41.5 Å². The van der Waals surface area contributed by atoms with Crippen molar-refractivity contribution in [2.24, 2.45) is 0 Å². The molecule has 5 rings (SSSR count). The summed E-state index contributed by atoms with van der Waals surface area (Å²) in [6, 6.07) is 33.3. The van der Waals surface area contributed by atoms with E-state index in [-0.39, 0.29) is 5.78 Å². The molecule has 5 aromatic rings. The molecule has 0 spiro atoms. The fourth-order valence-corrected chi connectivity index (χ4v) is 4.77. The molecule has 0 amide bonds. The number of carbonyl (C=O) groups excluding carboxylic acids is 2. The van der Waals surface area contributed by atoms with Gasteiger partial charge < -0.3 is 19.8 Å². The Morgan fingerprint density at radius 2 is 1.52 bits per heavy atom. The van der Waals surface area contributed by atoms with Crippen LogP contribution in [0.2, 0.25) is 0 Å². The SMILES string of the molecule is COC(=O)[C@H](Cc1ccc(OCCc2nc(-c3ccccc3)[nH]c2C)cc1)Nc1ccccc1C(=O)c1ccccc1. The number of carbonyl (C=O) groups is 2. The van der Waals surface area contributed by atoms with E-state index >= 15 is 0 Å². The highest BCUT2D eigenvalue weighted by Crippen LogP contribution is 2.23. The van der Waals surface area contributed by atoms with Crippen LogP contribution in [0.4, 0.5) is 5.69 Å². The van der Waals surface area contributed by atoms with Gasteiger partial charge in [0.2, 0.25) is 0 Å². The van der Waals surface area contributed by atoms with Gasteiger partial charge in [-0.2, -0.15) is 0 Å². The third-order valence-corrected chi connectivity index (χ3v) is 7.03. The molecule has 1 atom stereocenters. The Morgan fingerprint density at radius 3 is 2.24 bits per heavy atom. The van der Waals surface area contributed by atoms with E-state index in [2.05, 4.69) is 10.3 Å². The lowest BCUT2D eigenvalue weighted by Crippen LogP contribution is -2.33. The number of nitrogens with one attached hydrogen (secondary N) is 2. The first kappa shape index (κ1) is 28.4. The Hall–Kier alpha value is -5.17. The number of para-hydroxylation sites is 1. The van der Waals surface area contributed by atoms with Crippen LogP contribution in [0.3, 0.4) is 0 Å². The zero-order valence-electron chi connectivity index (χ0n) is 23.7. The Kier molecular flexibility index (Phi) is 9.09. The average Bonchev–Trinajstić information content (AvgIpc) is 3.42. The maximum absolute atomic E-state index is 13.2. The van der Waals surface area contributed by atoms with Crippen LogP contribution in [0.5, 0.6) is 5.75 Å². The molecule has 0 bridgehead atoms. The Labute approximate surface area is 245 Å². The average molecular weight is 560 g/mol. The van der Waals surface area contributed by atoms with Crippen LogP contribution in [0, 0.1) is 6.92 Å². The molecule has 0 aliphatic carbocycles. The van der Waals surface area contributed by atoms with Crippen molar-refractivity contribution in [3.63, 3.8) is 0 Å². The zero-order valence-corrected chi connectivity index (χ0v) is 23.7. The molecule has 7 nitrogen and oxygen atoms in total. The molecule has 0 saturated carbocycles. The molecule has 2 N–H and O–H groups in total. The number of aromatic amines is 1. The summed E-state index contributed by atoms with van der Waals surface area (Å²) in [4.78, 5) is 34.0. The number of aromatic nitrogens is 2. The van der Waals surface area contributed by atoms with Crippen molar-refractivity contribution in [1.82, 2.24) is 9.97 Å². The highest BCUT2D eigenvalue weighted by atomic mass is 16.5. The van der Waals surface area contributed by atoms with E-state index in [0.29, 0.717) is 36.3 Å². The summed E-state index contributed by atoms with van der Waals surface area (Å²) in [6.45, 7) is 2.50. The number of nitrogens with zero attached hydrogens (tertiary/aromatic N) is 1. The second-order valence-electron chi connectivity index (χ2n) is 9.93. The largest absolute Gasteiger partial charge is 0.493 e. The zero-order chi connectivity index (χ0) is 29.3. The summed E-state index contributed by atoms with van der Waals surface area (Å²) in [5.41, 5.74) is 5.62. The number of ketones is 1. The number of esters is 1. The van der Waals surface area contributed by atoms with E-state index < -0.39 is 12.0 Å². The standard InChI is InChI=1S/C35H33N3O4/c1-24-30(38-34(36-24)27-13-7-4-8-14-27)21-22-42-28-19-17-25(18-20-28)23-32(35(40)41-2)37-31-16-10-9-15-29(31)33(39)26-11-5-3-6-12-26/h3-20,32,37H,21-23H2,1-2H3,(H,36,38)/t32-/m0/s1. The number of aryl methyl sites for hydroxylation is 1. The molecule has 7 heteroatoms. The minimum absolute atomic E-state index is 0.120. The lowest BCUT2D eigenvalue weighted by molar-refractivity contribution is -0.141. The maximum Gasteiger partial charge on any atom is 0.328 e. The van der Waals surface area contributed by atoms with Gasteiger partial charge in [0.15, 0.2) is 5.78 Å². The topological polar surface area (TPSA) is 93.3 Å². The summed E-state index contributed by atoms with van der Waals surface area (Å²) in [5, 5.41) is 3.25. The van der Waals surface area contributed by atoms with Gasteiger partial charge in [0, 0.05) is 40.9 Å². The van der Waals surface area contributed by atoms with Crippen LogP contribution in [0.25, 0.3) is 11.4 Å². The fraction of sp³-hybridized carbons (Fsp3) is 0.171. The molecule has 0 aliphatic heterocycles. The number of rotatable bonds is 12. The number of H-pyrrole nitrogens is 1. The number of imidazole rings is 1. The molecule has 0 saturated heterocycles. The summed E-state index contributed by atoms with van der Waals surface area (Å²) < 4.78 is 11.1. The van der Waals surface area contributed by atoms with Gasteiger partial charge in [-0.15, -0.1) is 0 Å². The molecule has 0 radical (unpaired) electrons. The van der Waals surface area contributed by atoms with Crippen LogP contribution < -0.4 is 10.1 Å². The smallest absolute Gasteiger partial charge is 0.328 e. The first-order valence-electron chi connectivity index (χ1n) is 13.9. The molecular weight excluding hydrogens is 526 g/mol. The Balaban J connectivity index is 1.21. The van der Waals surface area contributed by atoms with Gasteiger partial charge in [-0.1, -0.05) is 84.9 Å². The molecule has 212 valence electrons. The molecule has 0 unspecified atom stereocenters. The van der Waals surface area contributed by atoms with Gasteiger partial charge in [0.25, 0.3) is 0 Å². The highest BCUT2D eigenvalue weighted by molar-refractivity contribution is 6.12. The number of anilines is 1. The maximum atomic E-state index is 13.2. The number of methoxy groups -OCH3 is 1. The molecule has 1 heterocycles. The van der Waals surface area contributed by atoms with Crippen LogP contribution in [-0.2, 0) is 22.4 Å². The molecule has 42 heavy (non-hydrogen) atoms. The first-order valence-corrected chi connectivity index (χ1v) is 13.9. The second-order valence-corrected chi connectivity index (χ2v) is 9.93. The van der Waals surface area contributed by atoms with Gasteiger partial charge in [-0.25, -0.2) is 9.78 Å². The molecular formula is C35H33N3O4. The third kappa shape index (κ3) is 6.93. The monoisotopic (exact) mass is 559 g/mol. The minimum Gasteiger partial charge on any atom is -0.493 e. The Morgan fingerprint density at radius 1 is 0.857 bits per heavy atom. The summed E-state index contributed by atoms with van der Waals surface area (Å²) in [7, 11) is 1.36. The van der Waals surface area contributed by atoms with Crippen LogP contribution >= 0.6 is 0 Å². The summed E-state index contributed by atoms with van der Waals surface area (Å²) >= 11 is 0. The van der Waals surface area contributed by atoms with E-state index in [1.807, 2.05) is 91.9 Å². The molecule has 0 fully saturated rings. The highest BCUT2D eigenvalue weighted by Gasteiger charge is 2.22. The van der Waals surface area contributed by atoms with E-state index in [1.54, 1.807) is 24.3 Å². The minimum atomic E-state index is -0.687. The van der Waals surface area contributed by atoms with Crippen LogP contribution in [0.15, 0.2) is 109 Å². The predicted molar refractivity (Wildman–Crippen MR) is 164 cm³/mol. The van der Waals surface area contributed by atoms with Crippen LogP contribution in [0.1, 0.15) is 32.9 Å². The van der Waals surface area contributed by atoms with E-state index in [9.17, 15) is 9.59 Å². The number of ether oxygens (including phenoxy) is 2. The van der Waals surface area contributed by atoms with Gasteiger partial charge in [0.1, 0.15) is 17.6 Å². The van der Waals surface area contributed by atoms with Crippen molar-refractivity contribution < 1.29 is 19.1 Å². The first-order chi connectivity index (χ1) is 20.5. The van der Waals surface area contributed by atoms with E-state index in [1.165, 1.54) is 7.11 Å².